The van der Waals surface area contributed by atoms with Crippen LogP contribution >= 0.6 is 0 Å². The number of hydrogen-bond acceptors (Lipinski definition) is 3. The molecule has 0 fully saturated rings. The Morgan fingerprint density at radius 1 is 0.510 bits per heavy atom. The molecule has 0 aliphatic rings. The van der Waals surface area contributed by atoms with Crippen LogP contribution in [0.3, 0.4) is 0 Å². The third-order valence-corrected chi connectivity index (χ3v) is 9.65. The van der Waals surface area contributed by atoms with Gasteiger partial charge in [-0.2, -0.15) is 0 Å². The Hall–Kier alpha value is -6.58. The van der Waals surface area contributed by atoms with E-state index in [1.807, 2.05) is 48.5 Å². The Morgan fingerprint density at radius 3 is 1.82 bits per heavy atom. The van der Waals surface area contributed by atoms with Gasteiger partial charge < -0.3 is 4.90 Å². The fourth-order valence-corrected chi connectivity index (χ4v) is 6.98. The maximum absolute atomic E-state index is 13.7. The van der Waals surface area contributed by atoms with Crippen molar-refractivity contribution in [2.75, 3.05) is 4.90 Å². The van der Waals surface area contributed by atoms with Gasteiger partial charge in [0.05, 0.1) is 0 Å². The van der Waals surface area contributed by atoms with E-state index in [4.69, 9.17) is 0 Å². The topological polar surface area (TPSA) is 37.4 Å². The number of nitrogens with zero attached hydrogens (tertiary/aromatic N) is 1. The first-order valence-electron chi connectivity index (χ1n) is 17.3. The molecule has 0 aromatic heterocycles. The molecular weight excluding hydrogens is 623 g/mol. The third kappa shape index (κ3) is 6.34. The van der Waals surface area contributed by atoms with Crippen molar-refractivity contribution in [3.8, 4) is 11.1 Å². The Kier molecular flexibility index (Phi) is 8.53. The molecule has 8 aromatic rings. The van der Waals surface area contributed by atoms with Crippen molar-refractivity contribution in [1.82, 2.24) is 0 Å². The molecule has 0 radical (unpaired) electrons. The van der Waals surface area contributed by atoms with Crippen LogP contribution in [0.4, 0.5) is 17.1 Å². The Bertz CT molecular complexity index is 2600. The number of para-hydroxylation sites is 1. The number of rotatable bonds is 9. The zero-order valence-corrected chi connectivity index (χ0v) is 28.3. The third-order valence-electron chi connectivity index (χ3n) is 9.65. The van der Waals surface area contributed by atoms with Crippen LogP contribution in [0.1, 0.15) is 38.8 Å². The van der Waals surface area contributed by atoms with Crippen LogP contribution in [0.2, 0.25) is 0 Å². The first-order chi connectivity index (χ1) is 25.1. The van der Waals surface area contributed by atoms with E-state index in [0.29, 0.717) is 11.1 Å². The van der Waals surface area contributed by atoms with Gasteiger partial charge >= 0.3 is 0 Å². The van der Waals surface area contributed by atoms with Gasteiger partial charge in [-0.05, 0) is 128 Å². The van der Waals surface area contributed by atoms with Gasteiger partial charge in [-0.1, -0.05) is 116 Å². The highest BCUT2D eigenvalue weighted by Crippen LogP contribution is 2.38. The number of fused-ring (bicyclic) bond motifs is 3. The SMILES string of the molecule is CCc1cc2cc(N(c3ccccc3)c3ccc4ccccc4c3)ccc2cc1C=CC(=O)c1cc2cc(-c3ccccc3)ccc2cc1C=O. The number of allylic oxidation sites excluding steroid dienone is 1. The van der Waals surface area contributed by atoms with Crippen LogP contribution in [0.25, 0.3) is 49.5 Å². The van der Waals surface area contributed by atoms with E-state index in [1.165, 1.54) is 10.8 Å². The minimum Gasteiger partial charge on any atom is -0.310 e. The van der Waals surface area contributed by atoms with Crippen molar-refractivity contribution < 1.29 is 9.59 Å². The first-order valence-corrected chi connectivity index (χ1v) is 17.3. The van der Waals surface area contributed by atoms with E-state index in [9.17, 15) is 9.59 Å². The van der Waals surface area contributed by atoms with Crippen LogP contribution in [-0.2, 0) is 6.42 Å². The van der Waals surface area contributed by atoms with E-state index < -0.39 is 0 Å². The predicted molar refractivity (Wildman–Crippen MR) is 214 cm³/mol. The highest BCUT2D eigenvalue weighted by Gasteiger charge is 2.15. The fraction of sp³-hybridized carbons (Fsp3) is 0.0417. The maximum atomic E-state index is 13.7. The first kappa shape index (κ1) is 31.7. The standard InChI is InChI=1S/C48H35NO2/c1-2-33-25-41-30-46(49(44-15-7-4-8-16-44)45-22-19-35-13-9-10-14-36(35)29-45)23-20-40(41)26-37(33)21-24-48(51)47-31-42-27-38(34-11-5-3-6-12-34)17-18-39(42)28-43(47)32-50/h3-32H,2H2,1H3. The molecule has 0 saturated carbocycles. The average Bonchev–Trinajstić information content (AvgIpc) is 3.19. The lowest BCUT2D eigenvalue weighted by Gasteiger charge is -2.26. The number of ketones is 1. The molecule has 0 spiro atoms. The van der Waals surface area contributed by atoms with Crippen LogP contribution in [0, 0.1) is 0 Å². The molecule has 0 bridgehead atoms. The summed E-state index contributed by atoms with van der Waals surface area (Å²) in [6.07, 6.45) is 5.06. The summed E-state index contributed by atoms with van der Waals surface area (Å²) < 4.78 is 0. The number of carbonyl (C=O) groups is 2. The van der Waals surface area contributed by atoms with Crippen molar-refractivity contribution in [2.45, 2.75) is 13.3 Å². The number of benzene rings is 8. The molecule has 0 N–H and O–H groups in total. The summed E-state index contributed by atoms with van der Waals surface area (Å²) in [6.45, 7) is 2.13. The van der Waals surface area contributed by atoms with Gasteiger partial charge in [0.1, 0.15) is 0 Å². The molecule has 0 aliphatic carbocycles. The van der Waals surface area contributed by atoms with Crippen molar-refractivity contribution in [3.05, 3.63) is 192 Å². The second-order valence-electron chi connectivity index (χ2n) is 12.8. The molecule has 0 aliphatic heterocycles. The summed E-state index contributed by atoms with van der Waals surface area (Å²) in [4.78, 5) is 28.1. The normalized spacial score (nSPS) is 11.4. The second kappa shape index (κ2) is 13.7. The van der Waals surface area contributed by atoms with Crippen LogP contribution in [0.5, 0.6) is 0 Å². The van der Waals surface area contributed by atoms with Crippen molar-refractivity contribution in [1.29, 1.82) is 0 Å². The predicted octanol–water partition coefficient (Wildman–Crippen LogP) is 12.6. The minimum absolute atomic E-state index is 0.199. The number of hydrogen-bond donors (Lipinski definition) is 0. The Balaban J connectivity index is 1.14. The van der Waals surface area contributed by atoms with Gasteiger partial charge in [0.15, 0.2) is 12.1 Å². The Morgan fingerprint density at radius 2 is 1.10 bits per heavy atom. The molecule has 0 atom stereocenters. The number of aldehydes is 1. The molecule has 3 nitrogen and oxygen atoms in total. The summed E-state index contributed by atoms with van der Waals surface area (Å²) in [5.74, 6) is -0.199. The highest BCUT2D eigenvalue weighted by molar-refractivity contribution is 6.13. The van der Waals surface area contributed by atoms with Gasteiger partial charge in [0, 0.05) is 28.2 Å². The monoisotopic (exact) mass is 657 g/mol. The van der Waals surface area contributed by atoms with Gasteiger partial charge in [0.2, 0.25) is 0 Å². The van der Waals surface area contributed by atoms with Crippen molar-refractivity contribution >= 4 is 67.5 Å². The van der Waals surface area contributed by atoms with E-state index in [1.54, 1.807) is 12.1 Å². The number of carbonyl (C=O) groups excluding carboxylic acids is 2. The van der Waals surface area contributed by atoms with E-state index in [2.05, 4.69) is 127 Å². The Labute approximate surface area is 297 Å². The summed E-state index contributed by atoms with van der Waals surface area (Å²) in [5, 5.41) is 6.45. The quantitative estimate of drug-likeness (QED) is 0.0881. The zero-order valence-electron chi connectivity index (χ0n) is 28.3. The number of anilines is 3. The molecule has 8 rings (SSSR count). The van der Waals surface area contributed by atoms with E-state index in [-0.39, 0.29) is 5.78 Å². The van der Waals surface area contributed by atoms with Gasteiger partial charge in [-0.15, -0.1) is 0 Å². The fourth-order valence-electron chi connectivity index (χ4n) is 6.98. The molecule has 51 heavy (non-hydrogen) atoms. The maximum Gasteiger partial charge on any atom is 0.186 e. The summed E-state index contributed by atoms with van der Waals surface area (Å²) in [5.41, 5.74) is 8.32. The summed E-state index contributed by atoms with van der Waals surface area (Å²) in [6, 6.07) is 56.3. The van der Waals surface area contributed by atoms with Gasteiger partial charge in [0.25, 0.3) is 0 Å². The zero-order chi connectivity index (χ0) is 34.7. The molecule has 0 unspecified atom stereocenters. The average molecular weight is 658 g/mol. The van der Waals surface area contributed by atoms with E-state index in [0.717, 1.165) is 73.6 Å². The molecule has 8 aromatic carbocycles. The smallest absolute Gasteiger partial charge is 0.186 e. The molecular formula is C48H35NO2. The van der Waals surface area contributed by atoms with Gasteiger partial charge in [-0.3, -0.25) is 9.59 Å². The van der Waals surface area contributed by atoms with Gasteiger partial charge in [-0.25, -0.2) is 0 Å². The second-order valence-corrected chi connectivity index (χ2v) is 12.8. The summed E-state index contributed by atoms with van der Waals surface area (Å²) in [7, 11) is 0. The molecule has 0 amide bonds. The minimum atomic E-state index is -0.199. The van der Waals surface area contributed by atoms with Crippen LogP contribution in [-0.4, -0.2) is 12.1 Å². The van der Waals surface area contributed by atoms with Crippen LogP contribution in [0.15, 0.2) is 170 Å². The lowest BCUT2D eigenvalue weighted by Crippen LogP contribution is -2.09. The number of aryl methyl sites for hydroxylation is 1. The molecule has 0 saturated heterocycles. The molecule has 244 valence electrons. The highest BCUT2D eigenvalue weighted by atomic mass is 16.1. The van der Waals surface area contributed by atoms with E-state index >= 15 is 0 Å². The van der Waals surface area contributed by atoms with Crippen molar-refractivity contribution in [3.63, 3.8) is 0 Å². The molecule has 3 heteroatoms. The molecule has 0 heterocycles. The summed E-state index contributed by atoms with van der Waals surface area (Å²) >= 11 is 0. The lowest BCUT2D eigenvalue weighted by atomic mass is 9.94. The van der Waals surface area contributed by atoms with Crippen molar-refractivity contribution in [2.24, 2.45) is 0 Å². The van der Waals surface area contributed by atoms with Crippen LogP contribution < -0.4 is 4.90 Å². The lowest BCUT2D eigenvalue weighted by molar-refractivity contribution is 0.103. The largest absolute Gasteiger partial charge is 0.310 e.